The summed E-state index contributed by atoms with van der Waals surface area (Å²) in [7, 11) is 0. The van der Waals surface area contributed by atoms with Crippen LogP contribution in [-0.2, 0) is 16.2 Å². The van der Waals surface area contributed by atoms with Crippen LogP contribution in [-0.4, -0.2) is 34.3 Å². The molecule has 2 aromatic rings. The summed E-state index contributed by atoms with van der Waals surface area (Å²) < 4.78 is 5.85. The van der Waals surface area contributed by atoms with Gasteiger partial charge in [-0.3, -0.25) is 24.1 Å². The first kappa shape index (κ1) is 18.1. The molecule has 142 valence electrons. The minimum Gasteiger partial charge on any atom is -0.488 e. The molecule has 6 heteroatoms. The van der Waals surface area contributed by atoms with Crippen molar-refractivity contribution in [3.8, 4) is 5.75 Å². The molecule has 1 atom stereocenters. The summed E-state index contributed by atoms with van der Waals surface area (Å²) in [5, 5.41) is 0. The van der Waals surface area contributed by atoms with Crippen LogP contribution >= 0.6 is 0 Å². The largest absolute Gasteiger partial charge is 0.488 e. The van der Waals surface area contributed by atoms with Crippen molar-refractivity contribution in [3.05, 3.63) is 64.7 Å². The van der Waals surface area contributed by atoms with Crippen molar-refractivity contribution < 1.29 is 23.9 Å². The standard InChI is InChI=1S/C22H19NO5/c1-13-4-2-5-14(10-13)12-28-19-7-3-6-16-20(19)22(27)23(21(16)26)17-9-8-15(24)11-18(17)25/h2-7,10,17H,8-9,11-12H2,1H3. The molecule has 4 rings (SSSR count). The van der Waals surface area contributed by atoms with Crippen LogP contribution in [0.25, 0.3) is 0 Å². The Kier molecular flexibility index (Phi) is 4.55. The van der Waals surface area contributed by atoms with Crippen molar-refractivity contribution >= 4 is 23.4 Å². The monoisotopic (exact) mass is 377 g/mol. The number of carbonyl (C=O) groups is 4. The summed E-state index contributed by atoms with van der Waals surface area (Å²) in [4.78, 5) is 50.6. The maximum atomic E-state index is 13.0. The van der Waals surface area contributed by atoms with E-state index < -0.39 is 17.9 Å². The van der Waals surface area contributed by atoms with Gasteiger partial charge in [0.2, 0.25) is 0 Å². The number of imide groups is 1. The molecule has 1 aliphatic carbocycles. The van der Waals surface area contributed by atoms with Crippen LogP contribution in [0.5, 0.6) is 5.75 Å². The number of Topliss-reactive ketones (excluding diaryl/α,β-unsaturated/α-hetero) is 2. The van der Waals surface area contributed by atoms with E-state index in [2.05, 4.69) is 0 Å². The molecular formula is C22H19NO5. The quantitative estimate of drug-likeness (QED) is 0.605. The topological polar surface area (TPSA) is 80.8 Å². The normalized spacial score (nSPS) is 19.2. The molecule has 1 heterocycles. The predicted octanol–water partition coefficient (Wildman–Crippen LogP) is 2.86. The van der Waals surface area contributed by atoms with Crippen LogP contribution in [0.15, 0.2) is 42.5 Å². The zero-order valence-corrected chi connectivity index (χ0v) is 15.4. The average molecular weight is 377 g/mol. The highest BCUT2D eigenvalue weighted by Gasteiger charge is 2.45. The zero-order valence-electron chi connectivity index (χ0n) is 15.4. The van der Waals surface area contributed by atoms with E-state index in [-0.39, 0.29) is 48.6 Å². The summed E-state index contributed by atoms with van der Waals surface area (Å²) in [6, 6.07) is 11.8. The van der Waals surface area contributed by atoms with Gasteiger partial charge in [-0.1, -0.05) is 35.9 Å². The van der Waals surface area contributed by atoms with Gasteiger partial charge in [0.15, 0.2) is 5.78 Å². The van der Waals surface area contributed by atoms with Crippen LogP contribution in [0, 0.1) is 6.92 Å². The van der Waals surface area contributed by atoms with Gasteiger partial charge in [-0.25, -0.2) is 0 Å². The van der Waals surface area contributed by atoms with Crippen LogP contribution in [0.2, 0.25) is 0 Å². The molecule has 0 aromatic heterocycles. The summed E-state index contributed by atoms with van der Waals surface area (Å²) >= 11 is 0. The van der Waals surface area contributed by atoms with Gasteiger partial charge in [-0.2, -0.15) is 0 Å². The highest BCUT2D eigenvalue weighted by atomic mass is 16.5. The summed E-state index contributed by atoms with van der Waals surface area (Å²) in [6.45, 7) is 2.24. The fourth-order valence-corrected chi connectivity index (χ4v) is 3.77. The van der Waals surface area contributed by atoms with E-state index in [4.69, 9.17) is 4.74 Å². The molecule has 0 N–H and O–H groups in total. The third-order valence-corrected chi connectivity index (χ3v) is 5.14. The van der Waals surface area contributed by atoms with Gasteiger partial charge in [0.05, 0.1) is 23.6 Å². The second kappa shape index (κ2) is 7.03. The molecule has 2 amide bonds. The van der Waals surface area contributed by atoms with Crippen molar-refractivity contribution in [1.29, 1.82) is 0 Å². The molecule has 28 heavy (non-hydrogen) atoms. The van der Waals surface area contributed by atoms with Crippen molar-refractivity contribution in [2.24, 2.45) is 0 Å². The lowest BCUT2D eigenvalue weighted by Crippen LogP contribution is -2.47. The number of rotatable bonds is 4. The van der Waals surface area contributed by atoms with Gasteiger partial charge >= 0.3 is 0 Å². The van der Waals surface area contributed by atoms with Crippen LogP contribution in [0.3, 0.4) is 0 Å². The Bertz CT molecular complexity index is 1010. The number of carbonyl (C=O) groups excluding carboxylic acids is 4. The molecule has 0 radical (unpaired) electrons. The molecule has 2 aliphatic rings. The van der Waals surface area contributed by atoms with Gasteiger partial charge in [0.1, 0.15) is 18.1 Å². The molecule has 0 saturated heterocycles. The Hall–Kier alpha value is -3.28. The highest BCUT2D eigenvalue weighted by molar-refractivity contribution is 6.24. The number of amides is 2. The third kappa shape index (κ3) is 3.11. The van der Waals surface area contributed by atoms with E-state index in [1.54, 1.807) is 18.2 Å². The number of nitrogens with zero attached hydrogens (tertiary/aromatic N) is 1. The molecule has 0 bridgehead atoms. The van der Waals surface area contributed by atoms with Gasteiger partial charge in [0, 0.05) is 6.42 Å². The number of benzene rings is 2. The molecule has 0 spiro atoms. The average Bonchev–Trinajstić information content (AvgIpc) is 2.92. The van der Waals surface area contributed by atoms with Gasteiger partial charge < -0.3 is 4.74 Å². The van der Waals surface area contributed by atoms with Gasteiger partial charge in [-0.15, -0.1) is 0 Å². The van der Waals surface area contributed by atoms with E-state index in [0.29, 0.717) is 5.75 Å². The van der Waals surface area contributed by atoms with Crippen molar-refractivity contribution in [2.45, 2.75) is 38.8 Å². The van der Waals surface area contributed by atoms with Crippen molar-refractivity contribution in [2.75, 3.05) is 0 Å². The zero-order chi connectivity index (χ0) is 19.8. The summed E-state index contributed by atoms with van der Waals surface area (Å²) in [5.74, 6) is -1.26. The first-order valence-electron chi connectivity index (χ1n) is 9.19. The van der Waals surface area contributed by atoms with Gasteiger partial charge in [0.25, 0.3) is 11.8 Å². The first-order chi connectivity index (χ1) is 13.5. The lowest BCUT2D eigenvalue weighted by Gasteiger charge is -2.27. The predicted molar refractivity (Wildman–Crippen MR) is 100 cm³/mol. The second-order valence-corrected chi connectivity index (χ2v) is 7.17. The van der Waals surface area contributed by atoms with E-state index in [9.17, 15) is 19.2 Å². The molecule has 1 fully saturated rings. The summed E-state index contributed by atoms with van der Waals surface area (Å²) in [5.41, 5.74) is 2.47. The molecule has 1 saturated carbocycles. The Labute approximate surface area is 162 Å². The Morgan fingerprint density at radius 3 is 2.57 bits per heavy atom. The highest BCUT2D eigenvalue weighted by Crippen LogP contribution is 2.34. The van der Waals surface area contributed by atoms with E-state index >= 15 is 0 Å². The van der Waals surface area contributed by atoms with E-state index in [1.165, 1.54) is 0 Å². The van der Waals surface area contributed by atoms with Gasteiger partial charge in [-0.05, 0) is 31.0 Å². The minimum atomic E-state index is -0.880. The number of fused-ring (bicyclic) bond motifs is 1. The fraction of sp³-hybridized carbons (Fsp3) is 0.273. The number of hydrogen-bond donors (Lipinski definition) is 0. The minimum absolute atomic E-state index is 0.153. The smallest absolute Gasteiger partial charge is 0.266 e. The lowest BCUT2D eigenvalue weighted by molar-refractivity contribution is -0.132. The number of ether oxygens (including phenoxy) is 1. The van der Waals surface area contributed by atoms with Crippen LogP contribution in [0.4, 0.5) is 0 Å². The maximum absolute atomic E-state index is 13.0. The van der Waals surface area contributed by atoms with Crippen LogP contribution in [0.1, 0.15) is 51.1 Å². The molecule has 6 nitrogen and oxygen atoms in total. The number of hydrogen-bond acceptors (Lipinski definition) is 5. The van der Waals surface area contributed by atoms with Crippen molar-refractivity contribution in [3.63, 3.8) is 0 Å². The molecule has 1 unspecified atom stereocenters. The molecular weight excluding hydrogens is 358 g/mol. The Balaban J connectivity index is 1.61. The maximum Gasteiger partial charge on any atom is 0.266 e. The SMILES string of the molecule is Cc1cccc(COc2cccc3c2C(=O)N(C2CCC(=O)CC2=O)C3=O)c1. The van der Waals surface area contributed by atoms with Crippen molar-refractivity contribution in [1.82, 2.24) is 4.90 Å². The molecule has 2 aromatic carbocycles. The lowest BCUT2D eigenvalue weighted by atomic mass is 9.92. The Morgan fingerprint density at radius 1 is 1.04 bits per heavy atom. The fourth-order valence-electron chi connectivity index (χ4n) is 3.77. The van der Waals surface area contributed by atoms with Crippen LogP contribution < -0.4 is 4.74 Å². The second-order valence-electron chi connectivity index (χ2n) is 7.17. The summed E-state index contributed by atoms with van der Waals surface area (Å²) in [6.07, 6.45) is 0.151. The first-order valence-corrected chi connectivity index (χ1v) is 9.19. The third-order valence-electron chi connectivity index (χ3n) is 5.14. The van der Waals surface area contributed by atoms with E-state index in [1.807, 2.05) is 31.2 Å². The molecule has 1 aliphatic heterocycles. The number of ketones is 2. The number of aryl methyl sites for hydroxylation is 1. The Morgan fingerprint density at radius 2 is 1.82 bits per heavy atom. The van der Waals surface area contributed by atoms with E-state index in [0.717, 1.165) is 16.0 Å².